The van der Waals surface area contributed by atoms with E-state index in [-0.39, 0.29) is 25.7 Å². The first kappa shape index (κ1) is 85.1. The van der Waals surface area contributed by atoms with Gasteiger partial charge in [-0.3, -0.25) is 37.3 Å². The van der Waals surface area contributed by atoms with Gasteiger partial charge in [0.2, 0.25) is 0 Å². The lowest BCUT2D eigenvalue weighted by Crippen LogP contribution is -2.30. The molecule has 87 heavy (non-hydrogen) atoms. The molecular formula is C68H132O17P2. The summed E-state index contributed by atoms with van der Waals surface area (Å²) in [6, 6.07) is 0. The van der Waals surface area contributed by atoms with Crippen LogP contribution in [-0.4, -0.2) is 96.7 Å². The number of carbonyl (C=O) groups is 4. The summed E-state index contributed by atoms with van der Waals surface area (Å²) in [7, 11) is -9.89. The number of unbranched alkanes of at least 4 members (excludes halogenated alkanes) is 34. The lowest BCUT2D eigenvalue weighted by atomic mass is 10.0. The Labute approximate surface area is 530 Å². The van der Waals surface area contributed by atoms with Crippen LogP contribution < -0.4 is 0 Å². The van der Waals surface area contributed by atoms with Crippen molar-refractivity contribution in [1.29, 1.82) is 0 Å². The molecule has 0 rings (SSSR count). The van der Waals surface area contributed by atoms with Crippen LogP contribution in [0.2, 0.25) is 0 Å². The fraction of sp³-hybridized carbons (Fsp3) is 0.941. The van der Waals surface area contributed by atoms with Gasteiger partial charge in [0, 0.05) is 25.7 Å². The van der Waals surface area contributed by atoms with Gasteiger partial charge in [-0.05, 0) is 43.4 Å². The number of aliphatic hydroxyl groups excluding tert-OH is 1. The Morgan fingerprint density at radius 2 is 0.529 bits per heavy atom. The molecule has 0 amide bonds. The topological polar surface area (TPSA) is 237 Å². The van der Waals surface area contributed by atoms with Crippen molar-refractivity contribution in [2.75, 3.05) is 39.6 Å². The molecule has 0 aromatic heterocycles. The molecule has 516 valence electrons. The predicted molar refractivity (Wildman–Crippen MR) is 349 cm³/mol. The molecule has 19 heteroatoms. The van der Waals surface area contributed by atoms with E-state index in [0.717, 1.165) is 114 Å². The molecular weight excluding hydrogens is 1150 g/mol. The van der Waals surface area contributed by atoms with E-state index >= 15 is 0 Å². The molecule has 0 heterocycles. The highest BCUT2D eigenvalue weighted by Crippen LogP contribution is 2.45. The minimum Gasteiger partial charge on any atom is -0.462 e. The van der Waals surface area contributed by atoms with Gasteiger partial charge >= 0.3 is 39.5 Å². The Kier molecular flexibility index (Phi) is 57.8. The number of ether oxygens (including phenoxy) is 4. The van der Waals surface area contributed by atoms with E-state index in [0.29, 0.717) is 25.7 Å². The van der Waals surface area contributed by atoms with Gasteiger partial charge in [-0.25, -0.2) is 9.13 Å². The molecule has 2 unspecified atom stereocenters. The maximum absolute atomic E-state index is 13.0. The molecule has 0 bridgehead atoms. The predicted octanol–water partition coefficient (Wildman–Crippen LogP) is 19.1. The highest BCUT2D eigenvalue weighted by molar-refractivity contribution is 7.47. The first-order valence-electron chi connectivity index (χ1n) is 35.3. The van der Waals surface area contributed by atoms with Crippen LogP contribution in [0.25, 0.3) is 0 Å². The van der Waals surface area contributed by atoms with Gasteiger partial charge in [0.05, 0.1) is 26.4 Å². The van der Waals surface area contributed by atoms with Gasteiger partial charge in [0.25, 0.3) is 0 Å². The summed E-state index contributed by atoms with van der Waals surface area (Å²) in [6.07, 6.45) is 42.1. The molecule has 0 fully saturated rings. The van der Waals surface area contributed by atoms with E-state index < -0.39 is 97.5 Å². The van der Waals surface area contributed by atoms with E-state index in [4.69, 9.17) is 37.0 Å². The van der Waals surface area contributed by atoms with Crippen molar-refractivity contribution in [2.45, 2.75) is 356 Å². The number of carbonyl (C=O) groups excluding carboxylic acids is 4. The minimum atomic E-state index is -4.95. The Bertz CT molecular complexity index is 1720. The largest absolute Gasteiger partial charge is 0.472 e. The van der Waals surface area contributed by atoms with E-state index in [1.807, 2.05) is 0 Å². The van der Waals surface area contributed by atoms with Gasteiger partial charge in [-0.1, -0.05) is 286 Å². The third-order valence-corrected chi connectivity index (χ3v) is 17.5. The normalized spacial score (nSPS) is 14.3. The van der Waals surface area contributed by atoms with Gasteiger partial charge in [-0.15, -0.1) is 0 Å². The quantitative estimate of drug-likeness (QED) is 0.0222. The van der Waals surface area contributed by atoms with E-state index in [1.165, 1.54) is 141 Å². The maximum atomic E-state index is 13.0. The van der Waals surface area contributed by atoms with Gasteiger partial charge in [0.15, 0.2) is 12.2 Å². The number of rotatable bonds is 66. The summed E-state index contributed by atoms with van der Waals surface area (Å²) >= 11 is 0. The van der Waals surface area contributed by atoms with Crippen LogP contribution in [-0.2, 0) is 65.4 Å². The number of hydrogen-bond acceptors (Lipinski definition) is 15. The van der Waals surface area contributed by atoms with Gasteiger partial charge in [-0.2, -0.15) is 0 Å². The van der Waals surface area contributed by atoms with E-state index in [2.05, 4.69) is 48.5 Å². The van der Waals surface area contributed by atoms with Crippen molar-refractivity contribution in [3.05, 3.63) is 0 Å². The summed E-state index contributed by atoms with van der Waals surface area (Å²) < 4.78 is 68.0. The Balaban J connectivity index is 5.16. The zero-order valence-electron chi connectivity index (χ0n) is 56.5. The smallest absolute Gasteiger partial charge is 0.462 e. The Hall–Kier alpha value is -1.94. The monoisotopic (exact) mass is 1280 g/mol. The molecule has 0 saturated carbocycles. The Morgan fingerprint density at radius 1 is 0.310 bits per heavy atom. The van der Waals surface area contributed by atoms with Crippen LogP contribution in [0.3, 0.4) is 0 Å². The van der Waals surface area contributed by atoms with Crippen LogP contribution in [0.4, 0.5) is 0 Å². The fourth-order valence-electron chi connectivity index (χ4n) is 10.2. The van der Waals surface area contributed by atoms with Gasteiger partial charge < -0.3 is 33.8 Å². The molecule has 0 saturated heterocycles. The first-order chi connectivity index (χ1) is 41.7. The molecule has 0 radical (unpaired) electrons. The SMILES string of the molecule is CCCCCCCC(=O)OC[C@H](COP(=O)(O)OC[C@H](O)COP(=O)(O)OC[C@@H](COC(=O)CCCCCCCCCCCCC(C)C)OC(=O)CCCCCCCCCCCCCCCCCC(C)C)OC(=O)CCCCCCCCCCC(C)C. The molecule has 0 aliphatic rings. The lowest BCUT2D eigenvalue weighted by molar-refractivity contribution is -0.161. The minimum absolute atomic E-state index is 0.103. The van der Waals surface area contributed by atoms with Crippen LogP contribution in [0.5, 0.6) is 0 Å². The molecule has 5 atom stereocenters. The number of esters is 4. The molecule has 0 aliphatic carbocycles. The zero-order valence-corrected chi connectivity index (χ0v) is 58.3. The second-order valence-electron chi connectivity index (χ2n) is 26.0. The second-order valence-corrected chi connectivity index (χ2v) is 28.9. The molecule has 0 aromatic rings. The van der Waals surface area contributed by atoms with Crippen molar-refractivity contribution >= 4 is 39.5 Å². The summed E-state index contributed by atoms with van der Waals surface area (Å²) in [5, 5.41) is 10.5. The zero-order chi connectivity index (χ0) is 64.5. The second kappa shape index (κ2) is 59.1. The van der Waals surface area contributed by atoms with Crippen molar-refractivity contribution in [3.63, 3.8) is 0 Å². The van der Waals surface area contributed by atoms with Crippen LogP contribution in [0.1, 0.15) is 337 Å². The van der Waals surface area contributed by atoms with Crippen LogP contribution in [0, 0.1) is 17.8 Å². The molecule has 0 spiro atoms. The fourth-order valence-corrected chi connectivity index (χ4v) is 11.8. The third-order valence-electron chi connectivity index (χ3n) is 15.6. The standard InChI is InChI=1S/C68H132O17P2/c1-8-9-10-32-42-49-65(70)78-55-63(84-68(73)52-45-38-31-25-24-28-35-41-48-61(6)7)57-82-86(74,75)80-53-62(69)54-81-87(76,77)83-58-64(56-79-66(71)50-43-36-29-22-19-18-21-27-34-40-47-60(4)5)85-67(72)51-44-37-30-23-17-15-13-11-12-14-16-20-26-33-39-46-59(2)3/h59-64,69H,8-58H2,1-7H3,(H,74,75)(H,76,77)/t62-,63+,64+/m0/s1. The summed E-state index contributed by atoms with van der Waals surface area (Å²) in [4.78, 5) is 72.2. The number of phosphoric acid groups is 2. The maximum Gasteiger partial charge on any atom is 0.472 e. The van der Waals surface area contributed by atoms with E-state index in [9.17, 15) is 43.2 Å². The van der Waals surface area contributed by atoms with E-state index in [1.54, 1.807) is 0 Å². The number of phosphoric ester groups is 2. The average Bonchev–Trinajstić information content (AvgIpc) is 3.68. The highest BCUT2D eigenvalue weighted by Gasteiger charge is 2.30. The first-order valence-corrected chi connectivity index (χ1v) is 38.3. The van der Waals surface area contributed by atoms with Crippen LogP contribution in [0.15, 0.2) is 0 Å². The Morgan fingerprint density at radius 3 is 0.782 bits per heavy atom. The molecule has 0 aromatic carbocycles. The molecule has 3 N–H and O–H groups in total. The van der Waals surface area contributed by atoms with Crippen molar-refractivity contribution < 1.29 is 80.2 Å². The summed E-state index contributed by atoms with van der Waals surface area (Å²) in [6.45, 7) is 11.7. The van der Waals surface area contributed by atoms with Crippen molar-refractivity contribution in [1.82, 2.24) is 0 Å². The molecule has 17 nitrogen and oxygen atoms in total. The van der Waals surface area contributed by atoms with Gasteiger partial charge in [0.1, 0.15) is 19.3 Å². The van der Waals surface area contributed by atoms with Crippen molar-refractivity contribution in [3.8, 4) is 0 Å². The highest BCUT2D eigenvalue weighted by atomic mass is 31.2. The molecule has 0 aliphatic heterocycles. The van der Waals surface area contributed by atoms with Crippen molar-refractivity contribution in [2.24, 2.45) is 17.8 Å². The third kappa shape index (κ3) is 62.6. The number of hydrogen-bond donors (Lipinski definition) is 3. The average molecular weight is 1280 g/mol. The number of aliphatic hydroxyl groups is 1. The summed E-state index contributed by atoms with van der Waals surface area (Å²) in [5.74, 6) is 0.138. The lowest BCUT2D eigenvalue weighted by Gasteiger charge is -2.21. The summed E-state index contributed by atoms with van der Waals surface area (Å²) in [5.41, 5.74) is 0. The van der Waals surface area contributed by atoms with Crippen LogP contribution >= 0.6 is 15.6 Å².